The highest BCUT2D eigenvalue weighted by Crippen LogP contribution is 2.30. The van der Waals surface area contributed by atoms with Gasteiger partial charge in [0, 0.05) is 6.04 Å². The molecule has 0 bridgehead atoms. The molecule has 0 spiro atoms. The number of rotatable bonds is 7. The van der Waals surface area contributed by atoms with Crippen LogP contribution in [-0.2, 0) is 6.42 Å². The van der Waals surface area contributed by atoms with E-state index in [0.29, 0.717) is 6.04 Å². The second-order valence-electron chi connectivity index (χ2n) is 6.66. The Morgan fingerprint density at radius 3 is 2.29 bits per heavy atom. The summed E-state index contributed by atoms with van der Waals surface area (Å²) in [6.45, 7) is 5.82. The van der Waals surface area contributed by atoms with E-state index < -0.39 is 0 Å². The average Bonchev–Trinajstić information content (AvgIpc) is 2.54. The van der Waals surface area contributed by atoms with Gasteiger partial charge in [-0.25, -0.2) is 0 Å². The van der Waals surface area contributed by atoms with Gasteiger partial charge in [-0.3, -0.25) is 0 Å². The first kappa shape index (κ1) is 16.4. The lowest BCUT2D eigenvalue weighted by Crippen LogP contribution is -2.34. The molecule has 0 saturated heterocycles. The third kappa shape index (κ3) is 5.35. The Labute approximate surface area is 130 Å². The van der Waals surface area contributed by atoms with Crippen LogP contribution in [0.15, 0.2) is 24.3 Å². The summed E-state index contributed by atoms with van der Waals surface area (Å²) in [5.74, 6) is 2.83. The van der Waals surface area contributed by atoms with Gasteiger partial charge in [-0.15, -0.1) is 0 Å². The van der Waals surface area contributed by atoms with Crippen LogP contribution < -0.4 is 10.1 Å². The maximum Gasteiger partial charge on any atom is 0.118 e. The Balaban J connectivity index is 1.68. The molecule has 2 nitrogen and oxygen atoms in total. The first-order chi connectivity index (χ1) is 10.2. The predicted molar refractivity (Wildman–Crippen MR) is 89.9 cm³/mol. The van der Waals surface area contributed by atoms with E-state index in [9.17, 15) is 0 Å². The van der Waals surface area contributed by atoms with Crippen molar-refractivity contribution in [2.24, 2.45) is 11.8 Å². The van der Waals surface area contributed by atoms with Crippen LogP contribution in [0.25, 0.3) is 0 Å². The van der Waals surface area contributed by atoms with Crippen LogP contribution in [0.2, 0.25) is 0 Å². The van der Waals surface area contributed by atoms with Crippen molar-refractivity contribution in [1.82, 2.24) is 5.32 Å². The summed E-state index contributed by atoms with van der Waals surface area (Å²) < 4.78 is 5.20. The van der Waals surface area contributed by atoms with Crippen molar-refractivity contribution < 1.29 is 4.74 Å². The predicted octanol–water partition coefficient (Wildman–Crippen LogP) is 4.43. The zero-order valence-corrected chi connectivity index (χ0v) is 13.9. The molecule has 2 heteroatoms. The van der Waals surface area contributed by atoms with Crippen LogP contribution in [0.3, 0.4) is 0 Å². The van der Waals surface area contributed by atoms with E-state index in [1.54, 1.807) is 7.11 Å². The zero-order chi connectivity index (χ0) is 15.1. The molecule has 0 radical (unpaired) electrons. The van der Waals surface area contributed by atoms with Crippen LogP contribution in [0.1, 0.15) is 51.5 Å². The molecule has 1 atom stereocenters. The fraction of sp³-hybridized carbons (Fsp3) is 0.684. The topological polar surface area (TPSA) is 21.3 Å². The summed E-state index contributed by atoms with van der Waals surface area (Å²) in [5.41, 5.74) is 1.38. The molecule has 1 unspecified atom stereocenters. The lowest BCUT2D eigenvalue weighted by atomic mass is 9.81. The highest BCUT2D eigenvalue weighted by molar-refractivity contribution is 5.27. The lowest BCUT2D eigenvalue weighted by molar-refractivity contribution is 0.257. The molecule has 1 saturated carbocycles. The number of hydrogen-bond donors (Lipinski definition) is 1. The zero-order valence-electron chi connectivity index (χ0n) is 13.9. The molecule has 1 aromatic carbocycles. The van der Waals surface area contributed by atoms with Gasteiger partial charge in [0.05, 0.1) is 7.11 Å². The number of nitrogens with one attached hydrogen (secondary N) is 1. The maximum absolute atomic E-state index is 5.20. The van der Waals surface area contributed by atoms with E-state index in [-0.39, 0.29) is 0 Å². The van der Waals surface area contributed by atoms with Gasteiger partial charge in [0.1, 0.15) is 5.75 Å². The van der Waals surface area contributed by atoms with E-state index >= 15 is 0 Å². The second kappa shape index (κ2) is 8.43. The molecule has 21 heavy (non-hydrogen) atoms. The maximum atomic E-state index is 5.20. The molecule has 118 valence electrons. The Morgan fingerprint density at radius 1 is 1.10 bits per heavy atom. The summed E-state index contributed by atoms with van der Waals surface area (Å²) >= 11 is 0. The SMILES string of the molecule is CCC1CCC(CNC(C)Cc2ccc(OC)cc2)CC1. The summed E-state index contributed by atoms with van der Waals surface area (Å²) in [7, 11) is 1.71. The minimum Gasteiger partial charge on any atom is -0.497 e. The third-order valence-electron chi connectivity index (χ3n) is 5.00. The highest BCUT2D eigenvalue weighted by Gasteiger charge is 2.20. The van der Waals surface area contributed by atoms with Crippen LogP contribution in [0.5, 0.6) is 5.75 Å². The first-order valence-electron chi connectivity index (χ1n) is 8.57. The molecule has 1 fully saturated rings. The van der Waals surface area contributed by atoms with Gasteiger partial charge in [-0.05, 0) is 62.3 Å². The highest BCUT2D eigenvalue weighted by atomic mass is 16.5. The van der Waals surface area contributed by atoms with Crippen LogP contribution in [0.4, 0.5) is 0 Å². The van der Waals surface area contributed by atoms with E-state index in [1.807, 2.05) is 12.1 Å². The number of benzene rings is 1. The molecule has 1 aliphatic rings. The van der Waals surface area contributed by atoms with Gasteiger partial charge in [0.2, 0.25) is 0 Å². The summed E-state index contributed by atoms with van der Waals surface area (Å²) in [4.78, 5) is 0. The van der Waals surface area contributed by atoms with Crippen molar-refractivity contribution in [3.05, 3.63) is 29.8 Å². The average molecular weight is 289 g/mol. The molecular weight excluding hydrogens is 258 g/mol. The molecule has 0 aliphatic heterocycles. The van der Waals surface area contributed by atoms with Crippen LogP contribution >= 0.6 is 0 Å². The van der Waals surface area contributed by atoms with Crippen LogP contribution in [-0.4, -0.2) is 19.7 Å². The van der Waals surface area contributed by atoms with Gasteiger partial charge < -0.3 is 10.1 Å². The quantitative estimate of drug-likeness (QED) is 0.801. The number of methoxy groups -OCH3 is 1. The van der Waals surface area contributed by atoms with Crippen molar-refractivity contribution in [3.8, 4) is 5.75 Å². The molecule has 1 N–H and O–H groups in total. The minimum atomic E-state index is 0.544. The van der Waals surface area contributed by atoms with Gasteiger partial charge in [-0.2, -0.15) is 0 Å². The third-order valence-corrected chi connectivity index (χ3v) is 5.00. The van der Waals surface area contributed by atoms with Gasteiger partial charge in [-0.1, -0.05) is 38.3 Å². The smallest absolute Gasteiger partial charge is 0.118 e. The standard InChI is InChI=1S/C19H31NO/c1-4-16-5-7-18(8-6-16)14-20-15(2)13-17-9-11-19(21-3)12-10-17/h9-12,15-16,18,20H,4-8,13-14H2,1-3H3. The molecule has 1 aliphatic carbocycles. The van der Waals surface area contributed by atoms with E-state index in [2.05, 4.69) is 31.3 Å². The summed E-state index contributed by atoms with van der Waals surface area (Å²) in [5, 5.41) is 3.73. The largest absolute Gasteiger partial charge is 0.497 e. The Kier molecular flexibility index (Phi) is 6.56. The van der Waals surface area contributed by atoms with Crippen molar-refractivity contribution in [3.63, 3.8) is 0 Å². The van der Waals surface area contributed by atoms with E-state index in [0.717, 1.165) is 24.0 Å². The molecule has 0 aromatic heterocycles. The van der Waals surface area contributed by atoms with Gasteiger partial charge in [0.15, 0.2) is 0 Å². The molecule has 2 rings (SSSR count). The second-order valence-corrected chi connectivity index (χ2v) is 6.66. The monoisotopic (exact) mass is 289 g/mol. The Hall–Kier alpha value is -1.02. The first-order valence-corrected chi connectivity index (χ1v) is 8.57. The number of hydrogen-bond acceptors (Lipinski definition) is 2. The van der Waals surface area contributed by atoms with Crippen LogP contribution in [0, 0.1) is 11.8 Å². The number of ether oxygens (including phenoxy) is 1. The minimum absolute atomic E-state index is 0.544. The summed E-state index contributed by atoms with van der Waals surface area (Å²) in [6, 6.07) is 8.98. The molecule has 0 heterocycles. The van der Waals surface area contributed by atoms with Crippen molar-refractivity contribution >= 4 is 0 Å². The van der Waals surface area contributed by atoms with Crippen molar-refractivity contribution in [1.29, 1.82) is 0 Å². The normalized spacial score (nSPS) is 23.8. The Bertz CT molecular complexity index is 393. The molecule has 0 amide bonds. The van der Waals surface area contributed by atoms with Gasteiger partial charge >= 0.3 is 0 Å². The fourth-order valence-corrected chi connectivity index (χ4v) is 3.40. The molecular formula is C19H31NO. The fourth-order valence-electron chi connectivity index (χ4n) is 3.40. The van der Waals surface area contributed by atoms with Gasteiger partial charge in [0.25, 0.3) is 0 Å². The summed E-state index contributed by atoms with van der Waals surface area (Å²) in [6.07, 6.45) is 8.18. The van der Waals surface area contributed by atoms with E-state index in [4.69, 9.17) is 4.74 Å². The Morgan fingerprint density at radius 2 is 1.71 bits per heavy atom. The van der Waals surface area contributed by atoms with Crippen molar-refractivity contribution in [2.75, 3.05) is 13.7 Å². The lowest BCUT2D eigenvalue weighted by Gasteiger charge is -2.29. The molecule has 1 aromatic rings. The van der Waals surface area contributed by atoms with E-state index in [1.165, 1.54) is 44.2 Å². The van der Waals surface area contributed by atoms with Crippen molar-refractivity contribution in [2.45, 2.75) is 58.4 Å².